The monoisotopic (exact) mass is 207 g/mol. The van der Waals surface area contributed by atoms with Crippen molar-refractivity contribution < 1.29 is 9.53 Å². The smallest absolute Gasteiger partial charge is 0.327 e. The fourth-order valence-electron chi connectivity index (χ4n) is 1.93. The van der Waals surface area contributed by atoms with Crippen LogP contribution in [0.5, 0.6) is 0 Å². The predicted molar refractivity (Wildman–Crippen MR) is 59.6 cm³/mol. The van der Waals surface area contributed by atoms with Crippen molar-refractivity contribution in [2.45, 2.75) is 26.8 Å². The second-order valence-corrected chi connectivity index (χ2v) is 3.81. The maximum Gasteiger partial charge on any atom is 0.327 e. The fourth-order valence-corrected chi connectivity index (χ4v) is 1.93. The molecule has 2 N–H and O–H groups in total. The molecular formula is C12H17NO2. The molecule has 1 unspecified atom stereocenters. The third-order valence-corrected chi connectivity index (χ3v) is 2.50. The molecule has 0 bridgehead atoms. The van der Waals surface area contributed by atoms with Gasteiger partial charge in [0.15, 0.2) is 0 Å². The summed E-state index contributed by atoms with van der Waals surface area (Å²) in [6, 6.07) is 3.35. The van der Waals surface area contributed by atoms with E-state index in [0.29, 0.717) is 0 Å². The van der Waals surface area contributed by atoms with Crippen molar-refractivity contribution in [2.24, 2.45) is 5.73 Å². The summed E-state index contributed by atoms with van der Waals surface area (Å²) >= 11 is 0. The Labute approximate surface area is 90.2 Å². The van der Waals surface area contributed by atoms with E-state index in [0.717, 1.165) is 16.7 Å². The molecular weight excluding hydrogens is 190 g/mol. The summed E-state index contributed by atoms with van der Waals surface area (Å²) in [5.74, 6) is -0.398. The lowest BCUT2D eigenvalue weighted by atomic mass is 9.94. The van der Waals surface area contributed by atoms with E-state index in [1.165, 1.54) is 12.7 Å². The first kappa shape index (κ1) is 11.7. The molecule has 1 rings (SSSR count). The van der Waals surface area contributed by atoms with Gasteiger partial charge in [0, 0.05) is 0 Å². The number of carbonyl (C=O) groups is 1. The zero-order chi connectivity index (χ0) is 11.6. The summed E-state index contributed by atoms with van der Waals surface area (Å²) in [5.41, 5.74) is 9.93. The summed E-state index contributed by atoms with van der Waals surface area (Å²) in [7, 11) is 1.35. The van der Waals surface area contributed by atoms with Crippen LogP contribution in [0.25, 0.3) is 0 Å². The molecule has 0 aliphatic carbocycles. The largest absolute Gasteiger partial charge is 0.468 e. The number of nitrogens with two attached hydrogens (primary N) is 1. The summed E-state index contributed by atoms with van der Waals surface area (Å²) < 4.78 is 4.64. The van der Waals surface area contributed by atoms with E-state index in [9.17, 15) is 4.79 Å². The predicted octanol–water partition coefficient (Wildman–Crippen LogP) is 1.78. The van der Waals surface area contributed by atoms with Gasteiger partial charge in [-0.05, 0) is 37.5 Å². The minimum atomic E-state index is -0.685. The Morgan fingerprint density at radius 3 is 2.13 bits per heavy atom. The van der Waals surface area contributed by atoms with Crippen molar-refractivity contribution >= 4 is 5.97 Å². The maximum atomic E-state index is 11.4. The van der Waals surface area contributed by atoms with E-state index in [1.807, 2.05) is 32.9 Å². The lowest BCUT2D eigenvalue weighted by molar-refractivity contribution is -0.142. The number of esters is 1. The van der Waals surface area contributed by atoms with Gasteiger partial charge in [-0.1, -0.05) is 17.7 Å². The molecule has 1 aromatic carbocycles. The molecule has 0 fully saturated rings. The van der Waals surface area contributed by atoms with Gasteiger partial charge < -0.3 is 10.5 Å². The number of hydrogen-bond acceptors (Lipinski definition) is 3. The van der Waals surface area contributed by atoms with Gasteiger partial charge in [0.2, 0.25) is 0 Å². The first-order chi connectivity index (χ1) is 6.97. The average Bonchev–Trinajstić information content (AvgIpc) is 2.14. The molecule has 0 saturated heterocycles. The first-order valence-corrected chi connectivity index (χ1v) is 4.88. The molecule has 0 radical (unpaired) electrons. The second-order valence-electron chi connectivity index (χ2n) is 3.81. The number of benzene rings is 1. The van der Waals surface area contributed by atoms with Crippen LogP contribution in [0.4, 0.5) is 0 Å². The van der Waals surface area contributed by atoms with Crippen LogP contribution < -0.4 is 5.73 Å². The van der Waals surface area contributed by atoms with E-state index in [2.05, 4.69) is 4.74 Å². The lowest BCUT2D eigenvalue weighted by Crippen LogP contribution is -2.24. The Balaban J connectivity index is 3.19. The molecule has 0 aliphatic rings. The number of rotatable bonds is 2. The molecule has 1 aromatic rings. The summed E-state index contributed by atoms with van der Waals surface area (Å²) in [4.78, 5) is 11.4. The van der Waals surface area contributed by atoms with Crippen molar-refractivity contribution in [1.29, 1.82) is 0 Å². The molecule has 0 heterocycles. The minimum absolute atomic E-state index is 0.398. The van der Waals surface area contributed by atoms with Gasteiger partial charge in [0.25, 0.3) is 0 Å². The SMILES string of the molecule is COC(=O)C(N)c1c(C)cc(C)cc1C. The Morgan fingerprint density at radius 1 is 1.27 bits per heavy atom. The highest BCUT2D eigenvalue weighted by Crippen LogP contribution is 2.22. The molecule has 1 atom stereocenters. The van der Waals surface area contributed by atoms with Crippen LogP contribution in [-0.2, 0) is 9.53 Å². The van der Waals surface area contributed by atoms with Gasteiger partial charge in [-0.2, -0.15) is 0 Å². The van der Waals surface area contributed by atoms with E-state index in [4.69, 9.17) is 5.73 Å². The number of hydrogen-bond donors (Lipinski definition) is 1. The van der Waals surface area contributed by atoms with Crippen LogP contribution in [0.1, 0.15) is 28.3 Å². The summed E-state index contributed by atoms with van der Waals surface area (Å²) in [5, 5.41) is 0. The normalized spacial score (nSPS) is 12.3. The minimum Gasteiger partial charge on any atom is -0.468 e. The van der Waals surface area contributed by atoms with E-state index < -0.39 is 12.0 Å². The van der Waals surface area contributed by atoms with Crippen molar-refractivity contribution in [3.8, 4) is 0 Å². The Morgan fingerprint density at radius 2 is 1.73 bits per heavy atom. The highest BCUT2D eigenvalue weighted by Gasteiger charge is 2.20. The van der Waals surface area contributed by atoms with Crippen molar-refractivity contribution in [1.82, 2.24) is 0 Å². The summed E-state index contributed by atoms with van der Waals surface area (Å²) in [6.45, 7) is 5.93. The molecule has 3 heteroatoms. The Hall–Kier alpha value is -1.35. The van der Waals surface area contributed by atoms with Gasteiger partial charge in [-0.15, -0.1) is 0 Å². The van der Waals surface area contributed by atoms with Crippen LogP contribution >= 0.6 is 0 Å². The van der Waals surface area contributed by atoms with Gasteiger partial charge >= 0.3 is 5.97 Å². The van der Waals surface area contributed by atoms with Crippen molar-refractivity contribution in [3.63, 3.8) is 0 Å². The standard InChI is InChI=1S/C12H17NO2/c1-7-5-8(2)10(9(3)6-7)11(13)12(14)15-4/h5-6,11H,13H2,1-4H3. The second kappa shape index (κ2) is 4.45. The molecule has 0 spiro atoms. The van der Waals surface area contributed by atoms with Crippen LogP contribution in [-0.4, -0.2) is 13.1 Å². The highest BCUT2D eigenvalue weighted by atomic mass is 16.5. The molecule has 3 nitrogen and oxygen atoms in total. The average molecular weight is 207 g/mol. The molecule has 82 valence electrons. The molecule has 0 aromatic heterocycles. The van der Waals surface area contributed by atoms with Gasteiger partial charge in [-0.25, -0.2) is 0 Å². The number of methoxy groups -OCH3 is 1. The molecule has 0 amide bonds. The van der Waals surface area contributed by atoms with E-state index in [-0.39, 0.29) is 0 Å². The highest BCUT2D eigenvalue weighted by molar-refractivity contribution is 5.78. The number of carbonyl (C=O) groups excluding carboxylic acids is 1. The van der Waals surface area contributed by atoms with Crippen LogP contribution in [0.15, 0.2) is 12.1 Å². The van der Waals surface area contributed by atoms with Gasteiger partial charge in [-0.3, -0.25) is 4.79 Å². The fraction of sp³-hybridized carbons (Fsp3) is 0.417. The number of ether oxygens (including phenoxy) is 1. The first-order valence-electron chi connectivity index (χ1n) is 4.88. The quantitative estimate of drug-likeness (QED) is 0.752. The van der Waals surface area contributed by atoms with Crippen molar-refractivity contribution in [3.05, 3.63) is 34.4 Å². The summed E-state index contributed by atoms with van der Waals surface area (Å²) in [6.07, 6.45) is 0. The van der Waals surface area contributed by atoms with Crippen LogP contribution in [0.2, 0.25) is 0 Å². The zero-order valence-electron chi connectivity index (χ0n) is 9.63. The van der Waals surface area contributed by atoms with Crippen molar-refractivity contribution in [2.75, 3.05) is 7.11 Å². The Bertz CT molecular complexity index is 362. The topological polar surface area (TPSA) is 52.3 Å². The van der Waals surface area contributed by atoms with E-state index in [1.54, 1.807) is 0 Å². The lowest BCUT2D eigenvalue weighted by Gasteiger charge is -2.16. The van der Waals surface area contributed by atoms with Gasteiger partial charge in [0.05, 0.1) is 7.11 Å². The number of aryl methyl sites for hydroxylation is 3. The Kier molecular flexibility index (Phi) is 3.48. The van der Waals surface area contributed by atoms with E-state index >= 15 is 0 Å². The molecule has 0 aliphatic heterocycles. The zero-order valence-corrected chi connectivity index (χ0v) is 9.63. The maximum absolute atomic E-state index is 11.4. The third kappa shape index (κ3) is 2.36. The molecule has 0 saturated carbocycles. The third-order valence-electron chi connectivity index (χ3n) is 2.50. The van der Waals surface area contributed by atoms with Gasteiger partial charge in [0.1, 0.15) is 6.04 Å². The van der Waals surface area contributed by atoms with Crippen LogP contribution in [0, 0.1) is 20.8 Å². The molecule has 15 heavy (non-hydrogen) atoms. The van der Waals surface area contributed by atoms with Crippen LogP contribution in [0.3, 0.4) is 0 Å².